The van der Waals surface area contributed by atoms with E-state index in [1.54, 1.807) is 0 Å². The molecule has 0 bridgehead atoms. The molecule has 0 heterocycles. The van der Waals surface area contributed by atoms with Crippen LogP contribution in [0.4, 0.5) is 4.79 Å². The molecule has 180 valence electrons. The maximum Gasteiger partial charge on any atom is 0.407 e. The van der Waals surface area contributed by atoms with Crippen LogP contribution in [0, 0.1) is 0 Å². The molecule has 0 aromatic heterocycles. The highest BCUT2D eigenvalue weighted by atomic mass is 16.5. The number of carboxylic acids is 1. The van der Waals surface area contributed by atoms with Crippen molar-refractivity contribution in [1.29, 1.82) is 0 Å². The van der Waals surface area contributed by atoms with Gasteiger partial charge in [-0.15, -0.1) is 0 Å². The summed E-state index contributed by atoms with van der Waals surface area (Å²) in [6, 6.07) is 15.7. The van der Waals surface area contributed by atoms with Crippen molar-refractivity contribution in [2.45, 2.75) is 38.1 Å². The second kappa shape index (κ2) is 11.8. The van der Waals surface area contributed by atoms with Gasteiger partial charge in [0.25, 0.3) is 0 Å². The first-order valence-electron chi connectivity index (χ1n) is 11.3. The largest absolute Gasteiger partial charge is 0.480 e. The van der Waals surface area contributed by atoms with Gasteiger partial charge in [0, 0.05) is 18.4 Å². The van der Waals surface area contributed by atoms with E-state index in [-0.39, 0.29) is 25.5 Å². The van der Waals surface area contributed by atoms with Crippen molar-refractivity contribution in [3.05, 3.63) is 59.7 Å². The number of aliphatic carboxylic acids is 1. The van der Waals surface area contributed by atoms with Gasteiger partial charge in [-0.2, -0.15) is 0 Å². The maximum absolute atomic E-state index is 12.5. The summed E-state index contributed by atoms with van der Waals surface area (Å²) in [5.41, 5.74) is 4.50. The van der Waals surface area contributed by atoms with Crippen LogP contribution in [-0.4, -0.2) is 54.7 Å². The lowest BCUT2D eigenvalue weighted by Gasteiger charge is -2.19. The molecular weight excluding hydrogens is 438 g/mol. The summed E-state index contributed by atoms with van der Waals surface area (Å²) in [5.74, 6) is -2.26. The molecule has 0 radical (unpaired) electrons. The zero-order chi connectivity index (χ0) is 24.5. The van der Waals surface area contributed by atoms with Gasteiger partial charge in [-0.05, 0) is 28.7 Å². The van der Waals surface area contributed by atoms with Gasteiger partial charge in [-0.25, -0.2) is 4.79 Å². The van der Waals surface area contributed by atoms with E-state index >= 15 is 0 Å². The summed E-state index contributed by atoms with van der Waals surface area (Å²) in [4.78, 5) is 46.7. The molecule has 0 spiro atoms. The van der Waals surface area contributed by atoms with Crippen molar-refractivity contribution in [2.75, 3.05) is 19.7 Å². The maximum atomic E-state index is 12.5. The van der Waals surface area contributed by atoms with E-state index in [4.69, 9.17) is 9.84 Å². The van der Waals surface area contributed by atoms with Crippen LogP contribution in [0.3, 0.4) is 0 Å². The topological polar surface area (TPSA) is 134 Å². The van der Waals surface area contributed by atoms with E-state index in [1.165, 1.54) is 0 Å². The molecule has 4 N–H and O–H groups in total. The van der Waals surface area contributed by atoms with Crippen LogP contribution in [0.15, 0.2) is 48.5 Å². The number of hydrogen-bond donors (Lipinski definition) is 4. The number of alkyl carbamates (subject to hydrolysis) is 1. The number of hydrogen-bond acceptors (Lipinski definition) is 5. The molecule has 2 aromatic carbocycles. The average molecular weight is 468 g/mol. The molecule has 2 aromatic rings. The first-order valence-corrected chi connectivity index (χ1v) is 11.3. The van der Waals surface area contributed by atoms with Gasteiger partial charge in [0.15, 0.2) is 0 Å². The fourth-order valence-electron chi connectivity index (χ4n) is 4.09. The Morgan fingerprint density at radius 3 is 2.09 bits per heavy atom. The Kier molecular flexibility index (Phi) is 8.61. The van der Waals surface area contributed by atoms with Crippen molar-refractivity contribution in [3.8, 4) is 11.1 Å². The molecule has 3 amide bonds. The number of carboxylic acid groups (broad SMARTS) is 1. The number of fused-ring (bicyclic) bond motifs is 3. The highest BCUT2D eigenvalue weighted by Gasteiger charge is 2.29. The highest BCUT2D eigenvalue weighted by Crippen LogP contribution is 2.44. The van der Waals surface area contributed by atoms with Crippen LogP contribution in [0.1, 0.15) is 43.2 Å². The Morgan fingerprint density at radius 2 is 1.50 bits per heavy atom. The predicted octanol–water partition coefficient (Wildman–Crippen LogP) is 2.40. The first kappa shape index (κ1) is 24.8. The fourth-order valence-corrected chi connectivity index (χ4v) is 4.09. The smallest absolute Gasteiger partial charge is 0.407 e. The minimum atomic E-state index is -1.17. The Hall–Kier alpha value is -3.88. The summed E-state index contributed by atoms with van der Waals surface area (Å²) >= 11 is 0. The van der Waals surface area contributed by atoms with Gasteiger partial charge in [-0.3, -0.25) is 14.4 Å². The molecule has 9 nitrogen and oxygen atoms in total. The third-order valence-corrected chi connectivity index (χ3v) is 5.62. The molecule has 0 aliphatic heterocycles. The third-order valence-electron chi connectivity index (χ3n) is 5.62. The molecule has 9 heteroatoms. The summed E-state index contributed by atoms with van der Waals surface area (Å²) in [5, 5.41) is 15.9. The summed E-state index contributed by atoms with van der Waals surface area (Å²) in [7, 11) is 0. The van der Waals surface area contributed by atoms with Gasteiger partial charge >= 0.3 is 12.1 Å². The number of carbonyl (C=O) groups is 4. The molecule has 0 fully saturated rings. The van der Waals surface area contributed by atoms with Crippen molar-refractivity contribution < 1.29 is 29.0 Å². The van der Waals surface area contributed by atoms with Crippen LogP contribution >= 0.6 is 0 Å². The quantitative estimate of drug-likeness (QED) is 0.401. The van der Waals surface area contributed by atoms with Gasteiger partial charge in [0.1, 0.15) is 13.2 Å². The van der Waals surface area contributed by atoms with E-state index in [1.807, 2.05) is 43.3 Å². The second-order valence-electron chi connectivity index (χ2n) is 8.11. The molecule has 1 atom stereocenters. The minimum absolute atomic E-state index is 0.0236. The Morgan fingerprint density at radius 1 is 0.912 bits per heavy atom. The molecule has 3 rings (SSSR count). The van der Waals surface area contributed by atoms with Crippen LogP contribution in [0.25, 0.3) is 11.1 Å². The molecule has 1 aliphatic carbocycles. The Balaban J connectivity index is 1.51. The standard InChI is InChI=1S/C25H29N3O6/c1-2-7-16(12-22(29)26-13-23(30)27-14-24(31)32)28-25(33)34-15-21-19-10-5-3-8-17(19)18-9-4-6-11-20(18)21/h3-6,8-11,16,21H,2,7,12-15H2,1H3,(H,26,29)(H,27,30)(H,28,33)(H,31,32)/t16-/m0/s1. The fraction of sp³-hybridized carbons (Fsp3) is 0.360. The van der Waals surface area contributed by atoms with E-state index in [0.717, 1.165) is 28.7 Å². The summed E-state index contributed by atoms with van der Waals surface area (Å²) in [6.45, 7) is 1.25. The van der Waals surface area contributed by atoms with Crippen molar-refractivity contribution in [2.24, 2.45) is 0 Å². The van der Waals surface area contributed by atoms with Crippen LogP contribution in [0.5, 0.6) is 0 Å². The molecule has 0 unspecified atom stereocenters. The number of ether oxygens (including phenoxy) is 1. The molecule has 34 heavy (non-hydrogen) atoms. The van der Waals surface area contributed by atoms with Crippen molar-refractivity contribution in [3.63, 3.8) is 0 Å². The van der Waals surface area contributed by atoms with Gasteiger partial charge in [-0.1, -0.05) is 61.9 Å². The average Bonchev–Trinajstić information content (AvgIpc) is 3.14. The van der Waals surface area contributed by atoms with Gasteiger partial charge in [0.2, 0.25) is 11.8 Å². The Labute approximate surface area is 197 Å². The van der Waals surface area contributed by atoms with E-state index in [9.17, 15) is 19.2 Å². The molecule has 0 saturated carbocycles. The lowest BCUT2D eigenvalue weighted by atomic mass is 9.98. The predicted molar refractivity (Wildman–Crippen MR) is 125 cm³/mol. The zero-order valence-corrected chi connectivity index (χ0v) is 19.0. The van der Waals surface area contributed by atoms with Crippen molar-refractivity contribution in [1.82, 2.24) is 16.0 Å². The monoisotopic (exact) mass is 467 g/mol. The lowest BCUT2D eigenvalue weighted by molar-refractivity contribution is -0.137. The normalized spacial score (nSPS) is 12.7. The third kappa shape index (κ3) is 6.57. The summed E-state index contributed by atoms with van der Waals surface area (Å²) < 4.78 is 5.55. The van der Waals surface area contributed by atoms with Gasteiger partial charge in [0.05, 0.1) is 6.54 Å². The second-order valence-corrected chi connectivity index (χ2v) is 8.11. The number of carbonyl (C=O) groups excluding carboxylic acids is 3. The van der Waals surface area contributed by atoms with Crippen LogP contribution in [0.2, 0.25) is 0 Å². The van der Waals surface area contributed by atoms with E-state index in [0.29, 0.717) is 6.42 Å². The number of rotatable bonds is 11. The van der Waals surface area contributed by atoms with Crippen molar-refractivity contribution >= 4 is 23.9 Å². The Bertz CT molecular complexity index is 1010. The molecule has 0 saturated heterocycles. The molecule has 1 aliphatic rings. The molecular formula is C25H29N3O6. The zero-order valence-electron chi connectivity index (χ0n) is 19.0. The number of benzene rings is 2. The van der Waals surface area contributed by atoms with Gasteiger partial charge < -0.3 is 25.8 Å². The minimum Gasteiger partial charge on any atom is -0.480 e. The first-order chi connectivity index (χ1) is 16.4. The highest BCUT2D eigenvalue weighted by molar-refractivity contribution is 5.87. The summed E-state index contributed by atoms with van der Waals surface area (Å²) in [6.07, 6.45) is 0.667. The van der Waals surface area contributed by atoms with Crippen LogP contribution in [-0.2, 0) is 19.1 Å². The van der Waals surface area contributed by atoms with Crippen LogP contribution < -0.4 is 16.0 Å². The van der Waals surface area contributed by atoms with E-state index < -0.39 is 36.5 Å². The number of nitrogens with one attached hydrogen (secondary N) is 3. The SMILES string of the molecule is CCC[C@@H](CC(=O)NCC(=O)NCC(=O)O)NC(=O)OCC1c2ccccc2-c2ccccc21. The number of amides is 3. The lowest BCUT2D eigenvalue weighted by Crippen LogP contribution is -2.43. The van der Waals surface area contributed by atoms with E-state index in [2.05, 4.69) is 28.1 Å².